The standard InChI is InChI=1S/C72H136O6/c1-4-7-10-13-16-19-22-25-28-30-32-33-34-35-36-37-38-40-41-44-47-50-53-56-59-62-65-71(74)77-68-69(67-76-70(73)64-61-58-55-52-49-46-43-27-24-21-18-15-12-9-6-3)78-72(75)66-63-60-57-54-51-48-45-42-39-31-29-26-23-20-17-14-11-8-5-2/h26-27,29,43,69H,4-25,28,30-42,44-68H2,1-3H3/b29-26-,43-27-. The van der Waals surface area contributed by atoms with Crippen molar-refractivity contribution in [1.82, 2.24) is 0 Å². The maximum Gasteiger partial charge on any atom is 0.306 e. The highest BCUT2D eigenvalue weighted by Gasteiger charge is 2.19. The minimum atomic E-state index is -0.774. The van der Waals surface area contributed by atoms with Crippen LogP contribution >= 0.6 is 0 Å². The smallest absolute Gasteiger partial charge is 0.306 e. The Hall–Kier alpha value is -2.11. The molecule has 0 aromatic heterocycles. The second-order valence-electron chi connectivity index (χ2n) is 24.1. The lowest BCUT2D eigenvalue weighted by molar-refractivity contribution is -0.167. The van der Waals surface area contributed by atoms with Crippen molar-refractivity contribution >= 4 is 17.9 Å². The fourth-order valence-corrected chi connectivity index (χ4v) is 10.8. The molecule has 0 aliphatic carbocycles. The van der Waals surface area contributed by atoms with Crippen molar-refractivity contribution in [3.63, 3.8) is 0 Å². The van der Waals surface area contributed by atoms with E-state index in [1.807, 2.05) is 0 Å². The number of unbranched alkanes of at least 4 members (excludes halogenated alkanes) is 51. The fourth-order valence-electron chi connectivity index (χ4n) is 10.8. The molecule has 0 aliphatic rings. The van der Waals surface area contributed by atoms with Gasteiger partial charge in [-0.15, -0.1) is 0 Å². The molecule has 0 bridgehead atoms. The predicted octanol–water partition coefficient (Wildman–Crippen LogP) is 24.2. The highest BCUT2D eigenvalue weighted by atomic mass is 16.6. The Morgan fingerprint density at radius 3 is 0.641 bits per heavy atom. The quantitative estimate of drug-likeness (QED) is 0.0261. The Balaban J connectivity index is 4.24. The first kappa shape index (κ1) is 75.9. The molecule has 0 spiro atoms. The fraction of sp³-hybridized carbons (Fsp3) is 0.903. The van der Waals surface area contributed by atoms with Crippen LogP contribution < -0.4 is 0 Å². The van der Waals surface area contributed by atoms with Crippen LogP contribution in [-0.2, 0) is 28.6 Å². The average Bonchev–Trinajstić information content (AvgIpc) is 3.44. The summed E-state index contributed by atoms with van der Waals surface area (Å²) >= 11 is 0. The summed E-state index contributed by atoms with van der Waals surface area (Å²) in [7, 11) is 0. The van der Waals surface area contributed by atoms with Gasteiger partial charge in [-0.3, -0.25) is 14.4 Å². The highest BCUT2D eigenvalue weighted by Crippen LogP contribution is 2.19. The van der Waals surface area contributed by atoms with E-state index in [0.29, 0.717) is 19.3 Å². The van der Waals surface area contributed by atoms with Gasteiger partial charge in [-0.05, 0) is 70.6 Å². The van der Waals surface area contributed by atoms with Crippen molar-refractivity contribution in [1.29, 1.82) is 0 Å². The second-order valence-corrected chi connectivity index (χ2v) is 24.1. The van der Waals surface area contributed by atoms with E-state index in [4.69, 9.17) is 14.2 Å². The summed E-state index contributed by atoms with van der Waals surface area (Å²) in [5.74, 6) is -0.849. The Bertz CT molecular complexity index is 1260. The number of hydrogen-bond donors (Lipinski definition) is 0. The van der Waals surface area contributed by atoms with Gasteiger partial charge >= 0.3 is 17.9 Å². The lowest BCUT2D eigenvalue weighted by Gasteiger charge is -2.18. The van der Waals surface area contributed by atoms with Gasteiger partial charge in [-0.25, -0.2) is 0 Å². The third kappa shape index (κ3) is 64.7. The summed E-state index contributed by atoms with van der Waals surface area (Å²) in [6, 6.07) is 0. The first-order valence-corrected chi connectivity index (χ1v) is 35.3. The molecule has 0 saturated carbocycles. The van der Waals surface area contributed by atoms with Crippen LogP contribution in [0.3, 0.4) is 0 Å². The molecule has 0 fully saturated rings. The summed E-state index contributed by atoms with van der Waals surface area (Å²) in [6.07, 6.45) is 82.1. The van der Waals surface area contributed by atoms with Crippen molar-refractivity contribution in [2.75, 3.05) is 13.2 Å². The van der Waals surface area contributed by atoms with Crippen molar-refractivity contribution < 1.29 is 28.6 Å². The van der Waals surface area contributed by atoms with Gasteiger partial charge in [0.1, 0.15) is 13.2 Å². The van der Waals surface area contributed by atoms with Crippen LogP contribution in [0.5, 0.6) is 0 Å². The lowest BCUT2D eigenvalue weighted by atomic mass is 10.0. The van der Waals surface area contributed by atoms with E-state index in [2.05, 4.69) is 45.1 Å². The Morgan fingerprint density at radius 2 is 0.423 bits per heavy atom. The van der Waals surface area contributed by atoms with Gasteiger partial charge < -0.3 is 14.2 Å². The molecule has 0 aromatic carbocycles. The average molecular weight is 1100 g/mol. The summed E-state index contributed by atoms with van der Waals surface area (Å²) in [5, 5.41) is 0. The molecule has 0 heterocycles. The highest BCUT2D eigenvalue weighted by molar-refractivity contribution is 5.71. The first-order chi connectivity index (χ1) is 38.5. The summed E-state index contributed by atoms with van der Waals surface area (Å²) < 4.78 is 17.0. The van der Waals surface area contributed by atoms with E-state index in [0.717, 1.165) is 64.2 Å². The summed E-state index contributed by atoms with van der Waals surface area (Å²) in [5.41, 5.74) is 0. The van der Waals surface area contributed by atoms with Gasteiger partial charge in [0.2, 0.25) is 0 Å². The first-order valence-electron chi connectivity index (χ1n) is 35.3. The molecule has 0 N–H and O–H groups in total. The van der Waals surface area contributed by atoms with Crippen LogP contribution in [-0.4, -0.2) is 37.2 Å². The van der Waals surface area contributed by atoms with Crippen LogP contribution in [0, 0.1) is 0 Å². The molecule has 0 rings (SSSR count). The monoisotopic (exact) mass is 1100 g/mol. The molecule has 6 nitrogen and oxygen atoms in total. The van der Waals surface area contributed by atoms with Crippen LogP contribution in [0.2, 0.25) is 0 Å². The molecular formula is C72H136O6. The minimum Gasteiger partial charge on any atom is -0.462 e. The number of carbonyl (C=O) groups is 3. The molecule has 78 heavy (non-hydrogen) atoms. The number of carbonyl (C=O) groups excluding carboxylic acids is 3. The zero-order valence-electron chi connectivity index (χ0n) is 53.0. The number of allylic oxidation sites excluding steroid dienone is 4. The number of ether oxygens (including phenoxy) is 3. The van der Waals surface area contributed by atoms with Gasteiger partial charge in [0, 0.05) is 19.3 Å². The van der Waals surface area contributed by atoms with Gasteiger partial charge in [0.25, 0.3) is 0 Å². The van der Waals surface area contributed by atoms with Gasteiger partial charge in [0.15, 0.2) is 6.10 Å². The van der Waals surface area contributed by atoms with Crippen LogP contribution in [0.1, 0.15) is 400 Å². The van der Waals surface area contributed by atoms with Crippen molar-refractivity contribution in [2.24, 2.45) is 0 Å². The van der Waals surface area contributed by atoms with Gasteiger partial charge in [0.05, 0.1) is 0 Å². The van der Waals surface area contributed by atoms with Gasteiger partial charge in [-0.1, -0.05) is 334 Å². The number of esters is 3. The Morgan fingerprint density at radius 1 is 0.244 bits per heavy atom. The topological polar surface area (TPSA) is 78.9 Å². The molecule has 0 radical (unpaired) electrons. The second kappa shape index (κ2) is 67.4. The third-order valence-corrected chi connectivity index (χ3v) is 16.2. The van der Waals surface area contributed by atoms with Crippen LogP contribution in [0.25, 0.3) is 0 Å². The van der Waals surface area contributed by atoms with Crippen LogP contribution in [0.15, 0.2) is 24.3 Å². The van der Waals surface area contributed by atoms with E-state index in [1.54, 1.807) is 0 Å². The molecule has 460 valence electrons. The molecule has 6 heteroatoms. The lowest BCUT2D eigenvalue weighted by Crippen LogP contribution is -2.30. The SMILES string of the molecule is CCCCCCCC/C=C\CCCCCCCCCCCC(=O)OC(COC(=O)CCCCCCC/C=C\CCCCCCCC)COC(=O)CCCCCCCCCCCCCCCCCCCCCCCCCCCC. The predicted molar refractivity (Wildman–Crippen MR) is 340 cm³/mol. The van der Waals surface area contributed by atoms with Crippen molar-refractivity contribution in [2.45, 2.75) is 406 Å². The van der Waals surface area contributed by atoms with Crippen LogP contribution in [0.4, 0.5) is 0 Å². The zero-order valence-corrected chi connectivity index (χ0v) is 53.0. The largest absolute Gasteiger partial charge is 0.462 e. The van der Waals surface area contributed by atoms with Gasteiger partial charge in [-0.2, -0.15) is 0 Å². The summed E-state index contributed by atoms with van der Waals surface area (Å²) in [4.78, 5) is 38.4. The van der Waals surface area contributed by atoms with Crippen molar-refractivity contribution in [3.05, 3.63) is 24.3 Å². The number of rotatable bonds is 66. The molecular weight excluding hydrogens is 961 g/mol. The molecule has 1 unspecified atom stereocenters. The Kier molecular flexibility index (Phi) is 65.6. The Labute approximate surface area is 487 Å². The van der Waals surface area contributed by atoms with E-state index in [1.165, 1.54) is 295 Å². The molecule has 1 atom stereocenters. The summed E-state index contributed by atoms with van der Waals surface area (Å²) in [6.45, 7) is 6.70. The van der Waals surface area contributed by atoms with Crippen molar-refractivity contribution in [3.8, 4) is 0 Å². The van der Waals surface area contributed by atoms with E-state index < -0.39 is 6.10 Å². The molecule has 0 saturated heterocycles. The third-order valence-electron chi connectivity index (χ3n) is 16.2. The van der Waals surface area contributed by atoms with E-state index >= 15 is 0 Å². The normalized spacial score (nSPS) is 12.1. The molecule has 0 amide bonds. The minimum absolute atomic E-state index is 0.0692. The zero-order chi connectivity index (χ0) is 56.4. The molecule has 0 aliphatic heterocycles. The maximum atomic E-state index is 12.9. The maximum absolute atomic E-state index is 12.9. The number of hydrogen-bond acceptors (Lipinski definition) is 6. The van der Waals surface area contributed by atoms with E-state index in [9.17, 15) is 14.4 Å². The molecule has 0 aromatic rings. The van der Waals surface area contributed by atoms with E-state index in [-0.39, 0.29) is 31.1 Å².